The number of hydrogen-bond acceptors (Lipinski definition) is 6. The quantitative estimate of drug-likeness (QED) is 0.0904. The summed E-state index contributed by atoms with van der Waals surface area (Å²) in [5.41, 5.74) is 7.54. The Kier molecular flexibility index (Phi) is 8.21. The molecular weight excluding hydrogens is 488 g/mol. The van der Waals surface area contributed by atoms with Crippen LogP contribution in [0.4, 0.5) is 4.79 Å². The van der Waals surface area contributed by atoms with Crippen LogP contribution >= 0.6 is 11.6 Å². The Morgan fingerprint density at radius 3 is 2.38 bits per heavy atom. The van der Waals surface area contributed by atoms with E-state index in [1.165, 1.54) is 7.11 Å². The van der Waals surface area contributed by atoms with E-state index in [4.69, 9.17) is 16.3 Å². The number of pyridine rings is 1. The first-order valence-corrected chi connectivity index (χ1v) is 12.1. The molecule has 1 N–H and O–H groups in total. The summed E-state index contributed by atoms with van der Waals surface area (Å²) in [5, 5.41) is 13.9. The number of carbonyl (C=O) groups excluding carboxylic acids is 1. The van der Waals surface area contributed by atoms with Crippen LogP contribution in [-0.2, 0) is 4.74 Å². The zero-order valence-corrected chi connectivity index (χ0v) is 21.6. The van der Waals surface area contributed by atoms with E-state index in [9.17, 15) is 10.0 Å². The van der Waals surface area contributed by atoms with Crippen molar-refractivity contribution in [2.75, 3.05) is 7.11 Å². The van der Waals surface area contributed by atoms with Gasteiger partial charge in [-0.3, -0.25) is 4.98 Å². The van der Waals surface area contributed by atoms with Crippen LogP contribution < -0.4 is 4.74 Å². The van der Waals surface area contributed by atoms with E-state index in [0.29, 0.717) is 17.2 Å². The maximum atomic E-state index is 11.4. The van der Waals surface area contributed by atoms with Gasteiger partial charge in [-0.2, -0.15) is 0 Å². The summed E-state index contributed by atoms with van der Waals surface area (Å²) in [7, 11) is 1.24. The average molecular weight is 515 g/mol. The monoisotopic (exact) mass is 514 g/mol. The molecule has 0 radical (unpaired) electrons. The zero-order chi connectivity index (χ0) is 26.4. The lowest BCUT2D eigenvalue weighted by Gasteiger charge is -2.21. The van der Waals surface area contributed by atoms with Crippen molar-refractivity contribution < 1.29 is 19.5 Å². The Labute approximate surface area is 221 Å². The summed E-state index contributed by atoms with van der Waals surface area (Å²) in [6, 6.07) is 25.4. The largest absolute Gasteiger partial charge is 0.513 e. The summed E-state index contributed by atoms with van der Waals surface area (Å²) in [5.74, 6) is 0.199. The molecule has 0 aliphatic carbocycles. The van der Waals surface area contributed by atoms with E-state index >= 15 is 0 Å². The number of aryl methyl sites for hydroxylation is 2. The molecular formula is C30H27ClN2O4. The molecule has 0 fully saturated rings. The number of ether oxygens (including phenoxy) is 2. The van der Waals surface area contributed by atoms with Crippen LogP contribution in [0.2, 0.25) is 5.02 Å². The van der Waals surface area contributed by atoms with Gasteiger partial charge in [0.15, 0.2) is 5.75 Å². The van der Waals surface area contributed by atoms with Crippen molar-refractivity contribution >= 4 is 23.5 Å². The number of oxime groups is 1. The van der Waals surface area contributed by atoms with Gasteiger partial charge in [-0.05, 0) is 65.9 Å². The van der Waals surface area contributed by atoms with Gasteiger partial charge < -0.3 is 14.7 Å². The van der Waals surface area contributed by atoms with Gasteiger partial charge >= 0.3 is 6.16 Å². The predicted molar refractivity (Wildman–Crippen MR) is 145 cm³/mol. The second-order valence-electron chi connectivity index (χ2n) is 8.67. The summed E-state index contributed by atoms with van der Waals surface area (Å²) in [6.07, 6.45) is 1.41. The lowest BCUT2D eigenvalue weighted by atomic mass is 9.83. The van der Waals surface area contributed by atoms with Crippen molar-refractivity contribution in [3.63, 3.8) is 0 Å². The maximum Gasteiger partial charge on any atom is 0.513 e. The molecule has 6 nitrogen and oxygen atoms in total. The van der Waals surface area contributed by atoms with Crippen molar-refractivity contribution in [2.45, 2.75) is 26.2 Å². The van der Waals surface area contributed by atoms with E-state index < -0.39 is 6.16 Å². The highest BCUT2D eigenvalue weighted by Gasteiger charge is 2.21. The fourth-order valence-electron chi connectivity index (χ4n) is 4.32. The predicted octanol–water partition coefficient (Wildman–Crippen LogP) is 7.56. The average Bonchev–Trinajstić information content (AvgIpc) is 2.91. The fourth-order valence-corrected chi connectivity index (χ4v) is 4.54. The number of benzene rings is 3. The summed E-state index contributed by atoms with van der Waals surface area (Å²) < 4.78 is 9.59. The van der Waals surface area contributed by atoms with Crippen LogP contribution in [0.3, 0.4) is 0 Å². The van der Waals surface area contributed by atoms with Crippen molar-refractivity contribution in [3.8, 4) is 16.9 Å². The summed E-state index contributed by atoms with van der Waals surface area (Å²) in [4.78, 5) is 15.7. The van der Waals surface area contributed by atoms with Gasteiger partial charge in [-0.1, -0.05) is 71.4 Å². The van der Waals surface area contributed by atoms with Crippen LogP contribution in [0.25, 0.3) is 11.1 Å². The Morgan fingerprint density at radius 2 is 1.73 bits per heavy atom. The van der Waals surface area contributed by atoms with E-state index in [-0.39, 0.29) is 11.7 Å². The van der Waals surface area contributed by atoms with Gasteiger partial charge in [0.05, 0.1) is 17.8 Å². The third-order valence-corrected chi connectivity index (χ3v) is 6.55. The topological polar surface area (TPSA) is 81.0 Å². The minimum absolute atomic E-state index is 0.0333. The van der Waals surface area contributed by atoms with Gasteiger partial charge in [0.1, 0.15) is 0 Å². The Hall–Kier alpha value is -4.16. The molecule has 1 unspecified atom stereocenters. The van der Waals surface area contributed by atoms with Crippen LogP contribution in [-0.4, -0.2) is 29.2 Å². The smallest absolute Gasteiger partial charge is 0.437 e. The van der Waals surface area contributed by atoms with Crippen molar-refractivity contribution in [1.82, 2.24) is 4.98 Å². The van der Waals surface area contributed by atoms with Crippen LogP contribution in [0, 0.1) is 13.8 Å². The van der Waals surface area contributed by atoms with Crippen LogP contribution in [0.15, 0.2) is 90.2 Å². The summed E-state index contributed by atoms with van der Waals surface area (Å²) in [6.45, 7) is 4.00. The molecule has 0 bridgehead atoms. The fraction of sp³-hybridized carbons (Fsp3) is 0.167. The Morgan fingerprint density at radius 1 is 1.00 bits per heavy atom. The summed E-state index contributed by atoms with van der Waals surface area (Å²) >= 11 is 6.33. The second kappa shape index (κ2) is 11.7. The van der Waals surface area contributed by atoms with Crippen LogP contribution in [0.5, 0.6) is 5.75 Å². The highest BCUT2D eigenvalue weighted by molar-refractivity contribution is 6.32. The highest BCUT2D eigenvalue weighted by Crippen LogP contribution is 2.35. The second-order valence-corrected chi connectivity index (χ2v) is 9.08. The highest BCUT2D eigenvalue weighted by atomic mass is 35.5. The SMILES string of the molecule is COC(=O)Oc1ccc(-c2ccc(C(CC(=NO)c3ccnc(C)c3)c3ccccc3C)cc2)cc1Cl. The minimum Gasteiger partial charge on any atom is -0.437 e. The molecule has 3 aromatic carbocycles. The van der Waals surface area contributed by atoms with Crippen molar-refractivity contribution in [2.24, 2.45) is 5.16 Å². The molecule has 4 rings (SSSR count). The molecule has 4 aromatic rings. The molecule has 0 saturated carbocycles. The molecule has 1 aromatic heterocycles. The number of aromatic nitrogens is 1. The maximum absolute atomic E-state index is 11.4. The molecule has 0 aliphatic rings. The van der Waals surface area contributed by atoms with Gasteiger partial charge in [-0.15, -0.1) is 0 Å². The van der Waals surface area contributed by atoms with Gasteiger partial charge in [0.25, 0.3) is 0 Å². The van der Waals surface area contributed by atoms with Crippen molar-refractivity contribution in [1.29, 1.82) is 0 Å². The van der Waals surface area contributed by atoms with E-state index in [1.807, 2.05) is 49.4 Å². The first kappa shape index (κ1) is 25.9. The molecule has 0 aliphatic heterocycles. The van der Waals surface area contributed by atoms with E-state index in [2.05, 4.69) is 46.1 Å². The number of hydrogen-bond donors (Lipinski definition) is 1. The van der Waals surface area contributed by atoms with E-state index in [0.717, 1.165) is 39.1 Å². The first-order chi connectivity index (χ1) is 17.9. The molecule has 1 heterocycles. The van der Waals surface area contributed by atoms with Crippen molar-refractivity contribution in [3.05, 3.63) is 118 Å². The van der Waals surface area contributed by atoms with Gasteiger partial charge in [-0.25, -0.2) is 4.79 Å². The van der Waals surface area contributed by atoms with E-state index in [1.54, 1.807) is 18.3 Å². The normalized spacial score (nSPS) is 12.2. The molecule has 0 saturated heterocycles. The molecule has 0 amide bonds. The molecule has 37 heavy (non-hydrogen) atoms. The number of halogens is 1. The molecule has 188 valence electrons. The third-order valence-electron chi connectivity index (χ3n) is 6.25. The first-order valence-electron chi connectivity index (χ1n) is 11.7. The standard InChI is InChI=1S/C30H27ClN2O4/c1-19-6-4-5-7-25(19)26(18-28(33-35)24-14-15-32-20(2)16-24)22-10-8-21(9-11-22)23-12-13-29(27(31)17-23)37-30(34)36-3/h4-17,26,35H,18H2,1-3H3. The lowest BCUT2D eigenvalue weighted by molar-refractivity contribution is 0.121. The molecule has 7 heteroatoms. The number of rotatable bonds is 7. The molecule has 1 atom stereocenters. The number of nitrogens with zero attached hydrogens (tertiary/aromatic N) is 2. The van der Waals surface area contributed by atoms with Gasteiger partial charge in [0, 0.05) is 29.8 Å². The molecule has 0 spiro atoms. The van der Waals surface area contributed by atoms with Crippen LogP contribution in [0.1, 0.15) is 40.3 Å². The Bertz CT molecular complexity index is 1430. The zero-order valence-electron chi connectivity index (χ0n) is 20.8. The lowest BCUT2D eigenvalue weighted by Crippen LogP contribution is -2.12. The number of carbonyl (C=O) groups is 1. The minimum atomic E-state index is -0.825. The van der Waals surface area contributed by atoms with Gasteiger partial charge in [0.2, 0.25) is 0 Å². The Balaban J connectivity index is 1.66. The third kappa shape index (κ3) is 6.16. The number of methoxy groups -OCH3 is 1.